The number of anilines is 1. The third-order valence-corrected chi connectivity index (χ3v) is 7.55. The van der Waals surface area contributed by atoms with Gasteiger partial charge in [-0.05, 0) is 37.1 Å². The lowest BCUT2D eigenvalue weighted by Crippen LogP contribution is -2.16. The molecule has 0 unspecified atom stereocenters. The Morgan fingerprint density at radius 2 is 1.83 bits per heavy atom. The molecule has 0 fully saturated rings. The molecule has 4 rings (SSSR count). The first-order chi connectivity index (χ1) is 17.3. The Morgan fingerprint density at radius 3 is 2.58 bits per heavy atom. The highest BCUT2D eigenvalue weighted by atomic mass is 32.2. The number of thioether (sulfide) groups is 1. The van der Waals surface area contributed by atoms with E-state index in [2.05, 4.69) is 15.5 Å². The van der Waals surface area contributed by atoms with Crippen molar-refractivity contribution in [2.75, 3.05) is 25.3 Å². The largest absolute Gasteiger partial charge is 0.496 e. The molecule has 1 amide bonds. The number of methoxy groups -OCH3 is 2. The number of carbonyl (C=O) groups is 2. The van der Waals surface area contributed by atoms with Gasteiger partial charge in [0.1, 0.15) is 16.3 Å². The van der Waals surface area contributed by atoms with Crippen LogP contribution in [0, 0.1) is 13.8 Å². The van der Waals surface area contributed by atoms with Gasteiger partial charge in [-0.2, -0.15) is 0 Å². The molecule has 10 heteroatoms. The molecule has 36 heavy (non-hydrogen) atoms. The number of nitrogens with one attached hydrogen (secondary N) is 1. The normalized spacial score (nSPS) is 10.8. The molecular weight excluding hydrogens is 496 g/mol. The molecule has 0 saturated carbocycles. The number of aromatic nitrogens is 3. The average Bonchev–Trinajstić information content (AvgIpc) is 3.46. The Hall–Kier alpha value is -3.63. The first-order valence-corrected chi connectivity index (χ1v) is 12.9. The Morgan fingerprint density at radius 1 is 1.06 bits per heavy atom. The SMILES string of the molecule is COC(=O)c1c(-c2cc(C)ccc2C)csc1NC(=O)CSc1nnc(-c2ccccc2OC)n1C. The summed E-state index contributed by atoms with van der Waals surface area (Å²) in [6.07, 6.45) is 0. The summed E-state index contributed by atoms with van der Waals surface area (Å²) in [5, 5.41) is 14.3. The fraction of sp³-hybridized carbons (Fsp3) is 0.231. The van der Waals surface area contributed by atoms with Crippen molar-refractivity contribution in [3.05, 3.63) is 64.5 Å². The van der Waals surface area contributed by atoms with E-state index in [1.54, 1.807) is 7.11 Å². The number of para-hydroxylation sites is 1. The summed E-state index contributed by atoms with van der Waals surface area (Å²) in [7, 11) is 4.78. The molecule has 0 bridgehead atoms. The number of benzene rings is 2. The number of aryl methyl sites for hydroxylation is 2. The van der Waals surface area contributed by atoms with Crippen LogP contribution in [-0.4, -0.2) is 46.6 Å². The first kappa shape index (κ1) is 25.5. The highest BCUT2D eigenvalue weighted by Gasteiger charge is 2.24. The Kier molecular flexibility index (Phi) is 7.76. The van der Waals surface area contributed by atoms with Crippen molar-refractivity contribution in [1.29, 1.82) is 0 Å². The van der Waals surface area contributed by atoms with E-state index in [0.29, 0.717) is 27.3 Å². The lowest BCUT2D eigenvalue weighted by molar-refractivity contribution is -0.113. The Labute approximate surface area is 217 Å². The third kappa shape index (κ3) is 5.14. The van der Waals surface area contributed by atoms with Gasteiger partial charge in [0.15, 0.2) is 11.0 Å². The van der Waals surface area contributed by atoms with Gasteiger partial charge >= 0.3 is 5.97 Å². The second kappa shape index (κ2) is 11.0. The molecule has 186 valence electrons. The molecule has 0 aliphatic rings. The minimum atomic E-state index is -0.495. The van der Waals surface area contributed by atoms with E-state index in [-0.39, 0.29) is 11.7 Å². The van der Waals surface area contributed by atoms with Crippen molar-refractivity contribution in [2.45, 2.75) is 19.0 Å². The number of esters is 1. The van der Waals surface area contributed by atoms with Crippen molar-refractivity contribution < 1.29 is 19.1 Å². The molecule has 0 radical (unpaired) electrons. The highest BCUT2D eigenvalue weighted by molar-refractivity contribution is 7.99. The van der Waals surface area contributed by atoms with Gasteiger partial charge in [-0.25, -0.2) is 4.79 Å². The van der Waals surface area contributed by atoms with Crippen LogP contribution in [0.2, 0.25) is 0 Å². The highest BCUT2D eigenvalue weighted by Crippen LogP contribution is 2.38. The molecule has 8 nitrogen and oxygen atoms in total. The number of amides is 1. The molecule has 0 saturated heterocycles. The zero-order valence-corrected chi connectivity index (χ0v) is 22.3. The van der Waals surface area contributed by atoms with E-state index in [1.165, 1.54) is 30.2 Å². The predicted octanol–water partition coefficient (Wildman–Crippen LogP) is 5.35. The molecule has 0 aliphatic carbocycles. The lowest BCUT2D eigenvalue weighted by Gasteiger charge is -2.10. The maximum atomic E-state index is 12.8. The molecule has 2 aromatic heterocycles. The number of rotatable bonds is 8. The summed E-state index contributed by atoms with van der Waals surface area (Å²) in [5.74, 6) is 0.663. The standard InChI is InChI=1S/C26H26N4O4S2/c1-15-10-11-16(2)18(12-15)19-13-35-24(22(19)25(32)34-5)27-21(31)14-36-26-29-28-23(30(26)3)17-8-6-7-9-20(17)33-4/h6-13H,14H2,1-5H3,(H,27,31). The first-order valence-electron chi connectivity index (χ1n) is 11.1. The van der Waals surface area contributed by atoms with Crippen LogP contribution in [-0.2, 0) is 16.6 Å². The summed E-state index contributed by atoms with van der Waals surface area (Å²) in [4.78, 5) is 25.5. The van der Waals surface area contributed by atoms with Crippen molar-refractivity contribution in [3.8, 4) is 28.3 Å². The molecule has 4 aromatic rings. The Bertz CT molecular complexity index is 1430. The van der Waals surface area contributed by atoms with Gasteiger partial charge in [0, 0.05) is 18.0 Å². The molecule has 0 aliphatic heterocycles. The van der Waals surface area contributed by atoms with Gasteiger partial charge in [-0.1, -0.05) is 47.7 Å². The number of hydrogen-bond acceptors (Lipinski definition) is 8. The number of carbonyl (C=O) groups excluding carboxylic acids is 2. The van der Waals surface area contributed by atoms with E-state index in [0.717, 1.165) is 27.8 Å². The Balaban J connectivity index is 1.52. The molecular formula is C26H26N4O4S2. The van der Waals surface area contributed by atoms with Crippen molar-refractivity contribution in [3.63, 3.8) is 0 Å². The van der Waals surface area contributed by atoms with Gasteiger partial charge in [0.2, 0.25) is 5.91 Å². The summed E-state index contributed by atoms with van der Waals surface area (Å²) < 4.78 is 12.3. The fourth-order valence-corrected chi connectivity index (χ4v) is 5.45. The topological polar surface area (TPSA) is 95.3 Å². The van der Waals surface area contributed by atoms with Crippen LogP contribution < -0.4 is 10.1 Å². The summed E-state index contributed by atoms with van der Waals surface area (Å²) in [6, 6.07) is 13.6. The molecule has 2 heterocycles. The second-order valence-electron chi connectivity index (χ2n) is 8.07. The van der Waals surface area contributed by atoms with Gasteiger partial charge < -0.3 is 19.4 Å². The molecule has 0 atom stereocenters. The summed E-state index contributed by atoms with van der Waals surface area (Å²) >= 11 is 2.55. The van der Waals surface area contributed by atoms with E-state index in [9.17, 15) is 9.59 Å². The predicted molar refractivity (Wildman–Crippen MR) is 143 cm³/mol. The monoisotopic (exact) mass is 522 g/mol. The molecule has 2 aromatic carbocycles. The van der Waals surface area contributed by atoms with Gasteiger partial charge in [-0.15, -0.1) is 21.5 Å². The van der Waals surface area contributed by atoms with Crippen LogP contribution in [0.15, 0.2) is 53.0 Å². The maximum absolute atomic E-state index is 12.8. The lowest BCUT2D eigenvalue weighted by atomic mass is 9.97. The van der Waals surface area contributed by atoms with Crippen molar-refractivity contribution in [1.82, 2.24) is 14.8 Å². The smallest absolute Gasteiger partial charge is 0.341 e. The number of ether oxygens (including phenoxy) is 2. The fourth-order valence-electron chi connectivity index (χ4n) is 3.78. The minimum Gasteiger partial charge on any atom is -0.496 e. The van der Waals surface area contributed by atoms with Crippen LogP contribution in [0.5, 0.6) is 5.75 Å². The van der Waals surface area contributed by atoms with Crippen LogP contribution in [0.1, 0.15) is 21.5 Å². The van der Waals surface area contributed by atoms with E-state index in [1.807, 2.05) is 73.3 Å². The molecule has 1 N–H and O–H groups in total. The van der Waals surface area contributed by atoms with Crippen LogP contribution in [0.25, 0.3) is 22.5 Å². The van der Waals surface area contributed by atoms with Crippen LogP contribution in [0.4, 0.5) is 5.00 Å². The van der Waals surface area contributed by atoms with E-state index in [4.69, 9.17) is 9.47 Å². The maximum Gasteiger partial charge on any atom is 0.341 e. The average molecular weight is 523 g/mol. The van der Waals surface area contributed by atoms with Crippen LogP contribution >= 0.6 is 23.1 Å². The number of hydrogen-bond donors (Lipinski definition) is 1. The van der Waals surface area contributed by atoms with Crippen molar-refractivity contribution >= 4 is 40.0 Å². The minimum absolute atomic E-state index is 0.0925. The van der Waals surface area contributed by atoms with Crippen LogP contribution in [0.3, 0.4) is 0 Å². The number of nitrogens with zero attached hydrogens (tertiary/aromatic N) is 3. The van der Waals surface area contributed by atoms with Gasteiger partial charge in [0.25, 0.3) is 0 Å². The van der Waals surface area contributed by atoms with E-state index < -0.39 is 5.97 Å². The van der Waals surface area contributed by atoms with Gasteiger partial charge in [-0.3, -0.25) is 4.79 Å². The molecule has 0 spiro atoms. The van der Waals surface area contributed by atoms with Gasteiger partial charge in [0.05, 0.1) is 25.5 Å². The summed E-state index contributed by atoms with van der Waals surface area (Å²) in [6.45, 7) is 3.99. The summed E-state index contributed by atoms with van der Waals surface area (Å²) in [5.41, 5.74) is 4.95. The quantitative estimate of drug-likeness (QED) is 0.246. The zero-order valence-electron chi connectivity index (χ0n) is 20.6. The van der Waals surface area contributed by atoms with Crippen molar-refractivity contribution in [2.24, 2.45) is 7.05 Å². The third-order valence-electron chi connectivity index (χ3n) is 5.63. The van der Waals surface area contributed by atoms with E-state index >= 15 is 0 Å². The second-order valence-corrected chi connectivity index (χ2v) is 9.89. The zero-order chi connectivity index (χ0) is 25.8. The number of thiophene rings is 1.